The Morgan fingerprint density at radius 3 is 2.65 bits per heavy atom. The molecule has 112 valence electrons. The van der Waals surface area contributed by atoms with Crippen molar-refractivity contribution in [3.63, 3.8) is 0 Å². The van der Waals surface area contributed by atoms with Crippen LogP contribution in [0.2, 0.25) is 0 Å². The second-order valence-electron chi connectivity index (χ2n) is 6.61. The summed E-state index contributed by atoms with van der Waals surface area (Å²) in [5.74, 6) is 0.408. The number of hydrogen-bond donors (Lipinski definition) is 1. The minimum Gasteiger partial charge on any atom is -0.392 e. The summed E-state index contributed by atoms with van der Waals surface area (Å²) in [6, 6.07) is 6.48. The van der Waals surface area contributed by atoms with Crippen LogP contribution < -0.4 is 0 Å². The lowest BCUT2D eigenvalue weighted by Gasteiger charge is -2.30. The Balaban J connectivity index is 1.97. The summed E-state index contributed by atoms with van der Waals surface area (Å²) in [5.41, 5.74) is -0.524. The van der Waals surface area contributed by atoms with Gasteiger partial charge in [0.1, 0.15) is 5.82 Å². The van der Waals surface area contributed by atoms with E-state index in [0.717, 1.165) is 11.3 Å². The maximum atomic E-state index is 13.1. The molecule has 1 heterocycles. The largest absolute Gasteiger partial charge is 0.392 e. The van der Waals surface area contributed by atoms with Gasteiger partial charge in [0.05, 0.1) is 17.3 Å². The van der Waals surface area contributed by atoms with Crippen molar-refractivity contribution in [2.75, 3.05) is 5.75 Å². The lowest BCUT2D eigenvalue weighted by Crippen LogP contribution is -2.37. The lowest BCUT2D eigenvalue weighted by atomic mass is 9.84. The van der Waals surface area contributed by atoms with E-state index >= 15 is 0 Å². The third kappa shape index (κ3) is 3.74. The highest BCUT2D eigenvalue weighted by atomic mass is 32.2. The second-order valence-corrected chi connectivity index (χ2v) is 7.70. The van der Waals surface area contributed by atoms with Crippen molar-refractivity contribution >= 4 is 11.8 Å². The van der Waals surface area contributed by atoms with Crippen molar-refractivity contribution in [2.45, 2.75) is 56.3 Å². The first-order valence-corrected chi connectivity index (χ1v) is 7.95. The van der Waals surface area contributed by atoms with Gasteiger partial charge in [0.25, 0.3) is 0 Å². The number of hydrogen-bond acceptors (Lipinski definition) is 3. The fourth-order valence-electron chi connectivity index (χ4n) is 3.06. The van der Waals surface area contributed by atoms with Gasteiger partial charge in [-0.3, -0.25) is 0 Å². The molecular formula is C16H23FO2S. The number of aliphatic hydroxyl groups excluding tert-OH is 1. The fourth-order valence-corrected chi connectivity index (χ4v) is 4.02. The number of aliphatic hydroxyl groups is 1. The Morgan fingerprint density at radius 2 is 2.10 bits per heavy atom. The molecule has 0 radical (unpaired) electrons. The molecule has 0 saturated carbocycles. The highest BCUT2D eigenvalue weighted by molar-refractivity contribution is 7.99. The van der Waals surface area contributed by atoms with Crippen LogP contribution in [-0.2, 0) is 4.74 Å². The van der Waals surface area contributed by atoms with E-state index in [2.05, 4.69) is 13.8 Å². The van der Waals surface area contributed by atoms with Gasteiger partial charge in [0, 0.05) is 16.6 Å². The summed E-state index contributed by atoms with van der Waals surface area (Å²) in [7, 11) is 0. The van der Waals surface area contributed by atoms with Gasteiger partial charge in [-0.05, 0) is 52.3 Å². The molecule has 1 aromatic rings. The molecule has 2 atom stereocenters. The molecule has 1 aliphatic heterocycles. The quantitative estimate of drug-likeness (QED) is 0.856. The van der Waals surface area contributed by atoms with Crippen molar-refractivity contribution < 1.29 is 14.2 Å². The molecule has 20 heavy (non-hydrogen) atoms. The van der Waals surface area contributed by atoms with E-state index in [-0.39, 0.29) is 22.9 Å². The zero-order valence-corrected chi connectivity index (χ0v) is 13.3. The molecule has 0 amide bonds. The standard InChI is InChI=1S/C16H23FO2S/c1-15(2)9-13(16(3,4)19-15)14(18)10-20-12-7-5-6-11(17)8-12/h5-8,13-14,18H,9-10H2,1-4H3. The Bertz CT molecular complexity index is 473. The van der Waals surface area contributed by atoms with Crippen molar-refractivity contribution in [1.82, 2.24) is 0 Å². The van der Waals surface area contributed by atoms with Crippen LogP contribution in [0.4, 0.5) is 4.39 Å². The average Bonchev–Trinajstić information content (AvgIpc) is 2.54. The molecule has 1 saturated heterocycles. The van der Waals surface area contributed by atoms with Gasteiger partial charge in [0.2, 0.25) is 0 Å². The monoisotopic (exact) mass is 298 g/mol. The van der Waals surface area contributed by atoms with Crippen molar-refractivity contribution in [3.8, 4) is 0 Å². The normalized spacial score (nSPS) is 25.6. The molecule has 0 spiro atoms. The number of benzene rings is 1. The van der Waals surface area contributed by atoms with E-state index in [4.69, 9.17) is 4.74 Å². The minimum atomic E-state index is -0.458. The molecule has 2 unspecified atom stereocenters. The number of rotatable bonds is 4. The molecule has 0 bridgehead atoms. The summed E-state index contributed by atoms with van der Waals surface area (Å²) in [5, 5.41) is 10.5. The van der Waals surface area contributed by atoms with Crippen molar-refractivity contribution in [3.05, 3.63) is 30.1 Å². The first-order chi connectivity index (χ1) is 9.20. The molecule has 1 aromatic carbocycles. The van der Waals surface area contributed by atoms with Crippen LogP contribution in [0.1, 0.15) is 34.1 Å². The second kappa shape index (κ2) is 5.66. The predicted octanol–water partition coefficient (Wildman–Crippen LogP) is 3.87. The molecule has 1 N–H and O–H groups in total. The van der Waals surface area contributed by atoms with Gasteiger partial charge in [-0.15, -0.1) is 11.8 Å². The van der Waals surface area contributed by atoms with Gasteiger partial charge >= 0.3 is 0 Å². The summed E-state index contributed by atoms with van der Waals surface area (Å²) < 4.78 is 19.1. The molecule has 0 aliphatic carbocycles. The summed E-state index contributed by atoms with van der Waals surface area (Å²) >= 11 is 1.48. The van der Waals surface area contributed by atoms with Crippen LogP contribution in [0, 0.1) is 11.7 Å². The van der Waals surface area contributed by atoms with E-state index < -0.39 is 6.10 Å². The van der Waals surface area contributed by atoms with Crippen molar-refractivity contribution in [1.29, 1.82) is 0 Å². The maximum absolute atomic E-state index is 13.1. The first kappa shape index (κ1) is 15.8. The van der Waals surface area contributed by atoms with E-state index in [1.165, 1.54) is 23.9 Å². The maximum Gasteiger partial charge on any atom is 0.124 e. The molecule has 4 heteroatoms. The van der Waals surface area contributed by atoms with Gasteiger partial charge in [0.15, 0.2) is 0 Å². The Kier molecular flexibility index (Phi) is 4.47. The average molecular weight is 298 g/mol. The number of halogens is 1. The Morgan fingerprint density at radius 1 is 1.40 bits per heavy atom. The highest BCUT2D eigenvalue weighted by Gasteiger charge is 2.48. The van der Waals surface area contributed by atoms with Crippen LogP contribution in [0.25, 0.3) is 0 Å². The zero-order valence-electron chi connectivity index (χ0n) is 12.5. The van der Waals surface area contributed by atoms with E-state index in [0.29, 0.717) is 5.75 Å². The van der Waals surface area contributed by atoms with Gasteiger partial charge < -0.3 is 9.84 Å². The molecule has 0 aromatic heterocycles. The Labute approximate surface area is 124 Å². The highest BCUT2D eigenvalue weighted by Crippen LogP contribution is 2.44. The summed E-state index contributed by atoms with van der Waals surface area (Å²) in [4.78, 5) is 0.847. The van der Waals surface area contributed by atoms with E-state index in [1.54, 1.807) is 6.07 Å². The molecular weight excluding hydrogens is 275 g/mol. The van der Waals surface area contributed by atoms with Crippen LogP contribution in [-0.4, -0.2) is 28.2 Å². The topological polar surface area (TPSA) is 29.5 Å². The first-order valence-electron chi connectivity index (χ1n) is 6.96. The van der Waals surface area contributed by atoms with E-state index in [9.17, 15) is 9.50 Å². The third-order valence-electron chi connectivity index (χ3n) is 3.83. The van der Waals surface area contributed by atoms with Gasteiger partial charge in [-0.25, -0.2) is 4.39 Å². The Hall–Kier alpha value is -0.580. The number of thioether (sulfide) groups is 1. The molecule has 1 aliphatic rings. The van der Waals surface area contributed by atoms with Crippen LogP contribution >= 0.6 is 11.8 Å². The van der Waals surface area contributed by atoms with Crippen LogP contribution in [0.5, 0.6) is 0 Å². The fraction of sp³-hybridized carbons (Fsp3) is 0.625. The van der Waals surface area contributed by atoms with Gasteiger partial charge in [-0.2, -0.15) is 0 Å². The molecule has 2 nitrogen and oxygen atoms in total. The molecule has 1 fully saturated rings. The molecule has 2 rings (SSSR count). The minimum absolute atomic E-state index is 0.0959. The number of ether oxygens (including phenoxy) is 1. The van der Waals surface area contributed by atoms with Crippen molar-refractivity contribution in [2.24, 2.45) is 5.92 Å². The van der Waals surface area contributed by atoms with Crippen LogP contribution in [0.3, 0.4) is 0 Å². The van der Waals surface area contributed by atoms with Gasteiger partial charge in [-0.1, -0.05) is 6.07 Å². The zero-order chi connectivity index (χ0) is 15.0. The SMILES string of the molecule is CC1(C)CC(C(O)CSc2cccc(F)c2)C(C)(C)O1. The smallest absolute Gasteiger partial charge is 0.124 e. The summed E-state index contributed by atoms with van der Waals surface area (Å²) in [6.45, 7) is 8.17. The summed E-state index contributed by atoms with van der Waals surface area (Å²) in [6.07, 6.45) is 0.380. The lowest BCUT2D eigenvalue weighted by molar-refractivity contribution is -0.0853. The predicted molar refractivity (Wildman–Crippen MR) is 80.5 cm³/mol. The van der Waals surface area contributed by atoms with Crippen LogP contribution in [0.15, 0.2) is 29.2 Å². The van der Waals surface area contributed by atoms with E-state index in [1.807, 2.05) is 19.9 Å². The third-order valence-corrected chi connectivity index (χ3v) is 4.92.